The van der Waals surface area contributed by atoms with Crippen molar-refractivity contribution in [3.63, 3.8) is 0 Å². The third kappa shape index (κ3) is 7.42. The number of amides is 1. The lowest BCUT2D eigenvalue weighted by molar-refractivity contribution is -0.144. The second-order valence-corrected chi connectivity index (χ2v) is 5.68. The molecule has 0 saturated carbocycles. The van der Waals surface area contributed by atoms with Gasteiger partial charge in [-0.1, -0.05) is 19.1 Å². The Labute approximate surface area is 150 Å². The van der Waals surface area contributed by atoms with E-state index in [2.05, 4.69) is 0 Å². The topological polar surface area (TPSA) is 55.8 Å². The molecule has 1 aromatic carbocycles. The van der Waals surface area contributed by atoms with Crippen molar-refractivity contribution in [3.05, 3.63) is 35.9 Å². The summed E-state index contributed by atoms with van der Waals surface area (Å²) in [6.07, 6.45) is 4.36. The van der Waals surface area contributed by atoms with Crippen LogP contribution in [0.1, 0.15) is 46.1 Å². The molecule has 1 atom stereocenters. The maximum Gasteiger partial charge on any atom is 0.307 e. The Hall–Kier alpha value is -2.30. The van der Waals surface area contributed by atoms with Crippen molar-refractivity contribution in [2.45, 2.75) is 46.6 Å². The minimum absolute atomic E-state index is 0.0620. The highest BCUT2D eigenvalue weighted by Gasteiger charge is 2.18. The van der Waals surface area contributed by atoms with Gasteiger partial charge in [0.05, 0.1) is 19.6 Å². The largest absolute Gasteiger partial charge is 0.494 e. The average Bonchev–Trinajstić information content (AvgIpc) is 2.61. The van der Waals surface area contributed by atoms with Crippen LogP contribution in [-0.4, -0.2) is 42.6 Å². The first-order valence-corrected chi connectivity index (χ1v) is 8.88. The van der Waals surface area contributed by atoms with Gasteiger partial charge in [0, 0.05) is 18.7 Å². The van der Waals surface area contributed by atoms with Crippen molar-refractivity contribution in [1.82, 2.24) is 4.90 Å². The molecule has 0 aliphatic heterocycles. The summed E-state index contributed by atoms with van der Waals surface area (Å²) in [4.78, 5) is 25.8. The second kappa shape index (κ2) is 11.3. The van der Waals surface area contributed by atoms with E-state index in [9.17, 15) is 9.59 Å². The van der Waals surface area contributed by atoms with E-state index in [1.165, 1.54) is 0 Å². The van der Waals surface area contributed by atoms with Crippen molar-refractivity contribution in [3.8, 4) is 5.75 Å². The van der Waals surface area contributed by atoms with Crippen molar-refractivity contribution < 1.29 is 19.1 Å². The number of carbonyl (C=O) groups excluding carboxylic acids is 2. The number of rotatable bonds is 10. The minimum Gasteiger partial charge on any atom is -0.494 e. The molecule has 1 aromatic rings. The lowest BCUT2D eigenvalue weighted by Gasteiger charge is -2.27. The Morgan fingerprint density at radius 1 is 1.12 bits per heavy atom. The molecule has 5 heteroatoms. The van der Waals surface area contributed by atoms with Gasteiger partial charge in [0.25, 0.3) is 0 Å². The fourth-order valence-corrected chi connectivity index (χ4v) is 2.32. The standard InChI is InChI=1S/C20H29NO4/c1-5-16(4)21(15-14-20(23)25-7-3)19(22)13-10-17-8-11-18(12-9-17)24-6-2/h8-13,16H,5-7,14-15H2,1-4H3/b13-10+. The molecule has 0 bridgehead atoms. The first-order chi connectivity index (χ1) is 12.0. The molecule has 1 rings (SSSR count). The highest BCUT2D eigenvalue weighted by Crippen LogP contribution is 2.14. The van der Waals surface area contributed by atoms with E-state index >= 15 is 0 Å². The van der Waals surface area contributed by atoms with Gasteiger partial charge in [-0.15, -0.1) is 0 Å². The predicted molar refractivity (Wildman–Crippen MR) is 99.4 cm³/mol. The Balaban J connectivity index is 2.71. The molecule has 0 heterocycles. The number of ether oxygens (including phenoxy) is 2. The molecular weight excluding hydrogens is 318 g/mol. The van der Waals surface area contributed by atoms with Crippen LogP contribution in [0.3, 0.4) is 0 Å². The predicted octanol–water partition coefficient (Wildman–Crippen LogP) is 3.68. The summed E-state index contributed by atoms with van der Waals surface area (Å²) in [6, 6.07) is 7.62. The summed E-state index contributed by atoms with van der Waals surface area (Å²) in [5.41, 5.74) is 0.922. The fourth-order valence-electron chi connectivity index (χ4n) is 2.32. The maximum absolute atomic E-state index is 12.5. The van der Waals surface area contributed by atoms with E-state index < -0.39 is 0 Å². The zero-order valence-electron chi connectivity index (χ0n) is 15.7. The van der Waals surface area contributed by atoms with Crippen molar-refractivity contribution >= 4 is 18.0 Å². The summed E-state index contributed by atoms with van der Waals surface area (Å²) < 4.78 is 10.3. The molecule has 0 fully saturated rings. The quantitative estimate of drug-likeness (QED) is 0.478. The van der Waals surface area contributed by atoms with Crippen molar-refractivity contribution in [2.24, 2.45) is 0 Å². The molecule has 138 valence electrons. The number of esters is 1. The Bertz CT molecular complexity index is 566. The van der Waals surface area contributed by atoms with Crippen LogP contribution in [0.2, 0.25) is 0 Å². The molecule has 0 saturated heterocycles. The second-order valence-electron chi connectivity index (χ2n) is 5.68. The molecule has 0 aromatic heterocycles. The number of benzene rings is 1. The number of hydrogen-bond donors (Lipinski definition) is 0. The molecule has 25 heavy (non-hydrogen) atoms. The third-order valence-corrected chi connectivity index (χ3v) is 3.88. The van der Waals surface area contributed by atoms with Gasteiger partial charge in [-0.25, -0.2) is 0 Å². The van der Waals surface area contributed by atoms with Crippen molar-refractivity contribution in [1.29, 1.82) is 0 Å². The van der Waals surface area contributed by atoms with Gasteiger partial charge in [-0.2, -0.15) is 0 Å². The van der Waals surface area contributed by atoms with Crippen LogP contribution in [0.5, 0.6) is 5.75 Å². The lowest BCUT2D eigenvalue weighted by atomic mass is 10.1. The Morgan fingerprint density at radius 3 is 2.36 bits per heavy atom. The van der Waals surface area contributed by atoms with Gasteiger partial charge in [-0.3, -0.25) is 9.59 Å². The minimum atomic E-state index is -0.279. The van der Waals surface area contributed by atoms with E-state index in [0.717, 1.165) is 17.7 Å². The Morgan fingerprint density at radius 2 is 1.80 bits per heavy atom. The van der Waals surface area contributed by atoms with Crippen LogP contribution in [0.25, 0.3) is 6.08 Å². The van der Waals surface area contributed by atoms with Crippen LogP contribution in [0.4, 0.5) is 0 Å². The van der Waals surface area contributed by atoms with Gasteiger partial charge in [0.2, 0.25) is 5.91 Å². The van der Waals surface area contributed by atoms with Gasteiger partial charge in [-0.05, 0) is 51.0 Å². The van der Waals surface area contributed by atoms with Crippen LogP contribution in [0.15, 0.2) is 30.3 Å². The highest BCUT2D eigenvalue weighted by atomic mass is 16.5. The van der Waals surface area contributed by atoms with E-state index in [-0.39, 0.29) is 24.3 Å². The molecule has 0 radical (unpaired) electrons. The first kappa shape index (κ1) is 20.7. The molecule has 0 N–H and O–H groups in total. The van der Waals surface area contributed by atoms with E-state index in [1.807, 2.05) is 45.0 Å². The summed E-state index contributed by atoms with van der Waals surface area (Å²) >= 11 is 0. The SMILES string of the molecule is CCOC(=O)CCN(C(=O)/C=C/c1ccc(OCC)cc1)C(C)CC. The summed E-state index contributed by atoms with van der Waals surface area (Å²) in [7, 11) is 0. The van der Waals surface area contributed by atoms with E-state index in [1.54, 1.807) is 24.0 Å². The molecule has 0 aliphatic rings. The molecule has 1 unspecified atom stereocenters. The molecule has 0 aliphatic carbocycles. The van der Waals surface area contributed by atoms with Crippen LogP contribution in [0, 0.1) is 0 Å². The van der Waals surface area contributed by atoms with Gasteiger partial charge in [0.15, 0.2) is 0 Å². The molecule has 5 nitrogen and oxygen atoms in total. The Kier molecular flexibility index (Phi) is 9.37. The van der Waals surface area contributed by atoms with Gasteiger partial charge >= 0.3 is 5.97 Å². The fraction of sp³-hybridized carbons (Fsp3) is 0.500. The molecule has 1 amide bonds. The number of nitrogens with zero attached hydrogens (tertiary/aromatic N) is 1. The van der Waals surface area contributed by atoms with E-state index in [0.29, 0.717) is 19.8 Å². The first-order valence-electron chi connectivity index (χ1n) is 8.88. The zero-order chi connectivity index (χ0) is 18.7. The molecule has 0 spiro atoms. The van der Waals surface area contributed by atoms with Gasteiger partial charge in [0.1, 0.15) is 5.75 Å². The third-order valence-electron chi connectivity index (χ3n) is 3.88. The number of carbonyl (C=O) groups is 2. The van der Waals surface area contributed by atoms with Gasteiger partial charge < -0.3 is 14.4 Å². The monoisotopic (exact) mass is 347 g/mol. The summed E-state index contributed by atoms with van der Waals surface area (Å²) in [5, 5.41) is 0. The smallest absolute Gasteiger partial charge is 0.307 e. The number of hydrogen-bond acceptors (Lipinski definition) is 4. The van der Waals surface area contributed by atoms with Crippen LogP contribution >= 0.6 is 0 Å². The lowest BCUT2D eigenvalue weighted by Crippen LogP contribution is -2.38. The van der Waals surface area contributed by atoms with E-state index in [4.69, 9.17) is 9.47 Å². The summed E-state index contributed by atoms with van der Waals surface area (Å²) in [5.74, 6) is 0.424. The van der Waals surface area contributed by atoms with Crippen LogP contribution < -0.4 is 4.74 Å². The molecular formula is C20H29NO4. The zero-order valence-corrected chi connectivity index (χ0v) is 15.7. The summed E-state index contributed by atoms with van der Waals surface area (Å²) in [6.45, 7) is 9.05. The highest BCUT2D eigenvalue weighted by molar-refractivity contribution is 5.92. The normalized spacial score (nSPS) is 12.0. The van der Waals surface area contributed by atoms with Crippen molar-refractivity contribution in [2.75, 3.05) is 19.8 Å². The maximum atomic E-state index is 12.5. The average molecular weight is 347 g/mol. The van der Waals surface area contributed by atoms with Crippen LogP contribution in [-0.2, 0) is 14.3 Å².